The van der Waals surface area contributed by atoms with Crippen molar-refractivity contribution in [3.8, 4) is 0 Å². The van der Waals surface area contributed by atoms with Gasteiger partial charge in [0.2, 0.25) is 0 Å². The van der Waals surface area contributed by atoms with Crippen molar-refractivity contribution in [3.05, 3.63) is 24.3 Å². The molecule has 0 aliphatic carbocycles. The lowest BCUT2D eigenvalue weighted by Crippen LogP contribution is -2.30. The summed E-state index contributed by atoms with van der Waals surface area (Å²) in [6.45, 7) is 6.71. The molecule has 0 aliphatic heterocycles. The van der Waals surface area contributed by atoms with Gasteiger partial charge in [0.1, 0.15) is 13.2 Å². The van der Waals surface area contributed by atoms with Gasteiger partial charge in [0.25, 0.3) is 0 Å². The maximum Gasteiger partial charge on any atom is 0.306 e. The molecule has 0 saturated heterocycles. The molecule has 0 spiro atoms. The number of ether oxygens (including phenoxy) is 3. The minimum absolute atomic E-state index is 0.0654. The number of esters is 3. The van der Waals surface area contributed by atoms with Crippen LogP contribution >= 0.6 is 0 Å². The first-order valence-electron chi connectivity index (χ1n) is 35.8. The van der Waals surface area contributed by atoms with Crippen molar-refractivity contribution < 1.29 is 28.6 Å². The van der Waals surface area contributed by atoms with Gasteiger partial charge in [-0.25, -0.2) is 0 Å². The minimum Gasteiger partial charge on any atom is -0.462 e. The van der Waals surface area contributed by atoms with Crippen LogP contribution in [0.1, 0.15) is 406 Å². The lowest BCUT2D eigenvalue weighted by atomic mass is 10.0. The fourth-order valence-electron chi connectivity index (χ4n) is 11.0. The number of carbonyl (C=O) groups excluding carboxylic acids is 3. The molecule has 1 unspecified atom stereocenters. The van der Waals surface area contributed by atoms with Crippen LogP contribution in [0.3, 0.4) is 0 Å². The Kier molecular flexibility index (Phi) is 66.6. The molecular formula is C73H138O6. The van der Waals surface area contributed by atoms with E-state index in [2.05, 4.69) is 45.1 Å². The molecule has 466 valence electrons. The van der Waals surface area contributed by atoms with E-state index in [9.17, 15) is 14.4 Å². The van der Waals surface area contributed by atoms with Crippen LogP contribution in [0.2, 0.25) is 0 Å². The maximum absolute atomic E-state index is 12.9. The topological polar surface area (TPSA) is 78.9 Å². The highest BCUT2D eigenvalue weighted by molar-refractivity contribution is 5.71. The Hall–Kier alpha value is -2.11. The molecule has 0 heterocycles. The van der Waals surface area contributed by atoms with E-state index in [1.165, 1.54) is 308 Å². The zero-order chi connectivity index (χ0) is 57.1. The predicted molar refractivity (Wildman–Crippen MR) is 344 cm³/mol. The Balaban J connectivity index is 4.16. The van der Waals surface area contributed by atoms with Gasteiger partial charge in [0, 0.05) is 19.3 Å². The summed E-state index contributed by atoms with van der Waals surface area (Å²) in [4.78, 5) is 38.4. The normalized spacial score (nSPS) is 12.1. The Morgan fingerprint density at radius 2 is 0.418 bits per heavy atom. The van der Waals surface area contributed by atoms with E-state index in [1.54, 1.807) is 0 Å². The second kappa shape index (κ2) is 68.4. The van der Waals surface area contributed by atoms with Crippen LogP contribution in [0.5, 0.6) is 0 Å². The largest absolute Gasteiger partial charge is 0.462 e. The molecule has 6 nitrogen and oxygen atoms in total. The molecule has 0 aromatic carbocycles. The van der Waals surface area contributed by atoms with Crippen molar-refractivity contribution in [1.82, 2.24) is 0 Å². The number of rotatable bonds is 67. The van der Waals surface area contributed by atoms with Crippen LogP contribution in [0.4, 0.5) is 0 Å². The quantitative estimate of drug-likeness (QED) is 0.0261. The van der Waals surface area contributed by atoms with Crippen LogP contribution < -0.4 is 0 Å². The average molecular weight is 1110 g/mol. The van der Waals surface area contributed by atoms with Crippen LogP contribution in [0.15, 0.2) is 24.3 Å². The summed E-state index contributed by atoms with van der Waals surface area (Å²) in [5, 5.41) is 0. The zero-order valence-corrected chi connectivity index (χ0v) is 53.7. The molecule has 0 saturated carbocycles. The van der Waals surface area contributed by atoms with Crippen LogP contribution in [0.25, 0.3) is 0 Å². The van der Waals surface area contributed by atoms with Crippen LogP contribution in [0, 0.1) is 0 Å². The van der Waals surface area contributed by atoms with Crippen molar-refractivity contribution >= 4 is 17.9 Å². The van der Waals surface area contributed by atoms with Gasteiger partial charge in [-0.1, -0.05) is 340 Å². The van der Waals surface area contributed by atoms with E-state index in [0.717, 1.165) is 57.8 Å². The summed E-state index contributed by atoms with van der Waals surface area (Å²) in [5.74, 6) is -0.836. The highest BCUT2D eigenvalue weighted by atomic mass is 16.6. The van der Waals surface area contributed by atoms with E-state index in [0.29, 0.717) is 19.3 Å². The third-order valence-electron chi connectivity index (χ3n) is 16.4. The fourth-order valence-corrected chi connectivity index (χ4v) is 11.0. The summed E-state index contributed by atoms with van der Waals surface area (Å²) < 4.78 is 17.0. The van der Waals surface area contributed by atoms with Crippen LogP contribution in [-0.4, -0.2) is 37.2 Å². The van der Waals surface area contributed by atoms with Gasteiger partial charge in [-0.15, -0.1) is 0 Å². The lowest BCUT2D eigenvalue weighted by Gasteiger charge is -2.18. The van der Waals surface area contributed by atoms with E-state index in [-0.39, 0.29) is 31.1 Å². The van der Waals surface area contributed by atoms with Crippen molar-refractivity contribution in [1.29, 1.82) is 0 Å². The molecule has 79 heavy (non-hydrogen) atoms. The Labute approximate surface area is 493 Å². The Morgan fingerprint density at radius 1 is 0.241 bits per heavy atom. The summed E-state index contributed by atoms with van der Waals surface area (Å²) in [6, 6.07) is 0. The molecule has 0 aliphatic rings. The highest BCUT2D eigenvalue weighted by Gasteiger charge is 2.19. The van der Waals surface area contributed by atoms with Gasteiger partial charge in [-0.3, -0.25) is 14.4 Å². The maximum atomic E-state index is 12.9. The minimum atomic E-state index is -0.768. The molecule has 0 bridgehead atoms. The molecule has 0 rings (SSSR count). The third-order valence-corrected chi connectivity index (χ3v) is 16.4. The van der Waals surface area contributed by atoms with Crippen LogP contribution in [-0.2, 0) is 28.6 Å². The zero-order valence-electron chi connectivity index (χ0n) is 53.7. The molecule has 1 atom stereocenters. The number of carbonyl (C=O) groups is 3. The monoisotopic (exact) mass is 1110 g/mol. The van der Waals surface area contributed by atoms with E-state index >= 15 is 0 Å². The van der Waals surface area contributed by atoms with Gasteiger partial charge < -0.3 is 14.2 Å². The Morgan fingerprint density at radius 3 is 0.633 bits per heavy atom. The smallest absolute Gasteiger partial charge is 0.306 e. The molecular weight excluding hydrogens is 973 g/mol. The Bertz CT molecular complexity index is 1270. The number of allylic oxidation sites excluding steroid dienone is 4. The molecule has 0 fully saturated rings. The molecule has 0 aromatic heterocycles. The standard InChI is InChI=1S/C73H138O6/c1-4-7-10-13-16-19-22-24-26-28-30-32-34-35-36-37-39-40-42-44-46-48-51-54-57-60-63-66-72(75)78-69-70(68-77-71(74)65-62-59-56-53-50-21-18-15-12-9-6-3)79-73(76)67-64-61-58-55-52-49-47-45-43-41-38-33-31-29-27-25-23-20-17-14-11-8-5-2/h28-31,70H,4-27,32-69H2,1-3H3/b30-28-,31-29-. The molecule has 0 N–H and O–H groups in total. The molecule has 0 aromatic rings. The van der Waals surface area contributed by atoms with Crippen molar-refractivity contribution in [2.24, 2.45) is 0 Å². The summed E-state index contributed by atoms with van der Waals surface area (Å²) in [6.07, 6.45) is 83.6. The van der Waals surface area contributed by atoms with E-state index in [1.807, 2.05) is 0 Å². The first kappa shape index (κ1) is 76.9. The average Bonchev–Trinajstić information content (AvgIpc) is 3.45. The SMILES string of the molecule is CCCCCCCCCC/C=C\CCCCCCCCCCCCCCCCCC(=O)OCC(COC(=O)CCCCCCCCCCCCC)OC(=O)CCCCCCCCCCCCC/C=C\CCCCCCCCCC. The summed E-state index contributed by atoms with van der Waals surface area (Å²) >= 11 is 0. The van der Waals surface area contributed by atoms with Gasteiger partial charge in [-0.05, 0) is 70.6 Å². The first-order valence-corrected chi connectivity index (χ1v) is 35.8. The molecule has 0 radical (unpaired) electrons. The van der Waals surface area contributed by atoms with Crippen molar-refractivity contribution in [2.75, 3.05) is 13.2 Å². The van der Waals surface area contributed by atoms with Gasteiger partial charge >= 0.3 is 17.9 Å². The summed E-state index contributed by atoms with van der Waals surface area (Å²) in [5.41, 5.74) is 0. The van der Waals surface area contributed by atoms with E-state index < -0.39 is 6.10 Å². The second-order valence-electron chi connectivity index (χ2n) is 24.5. The fraction of sp³-hybridized carbons (Fsp3) is 0.904. The van der Waals surface area contributed by atoms with Gasteiger partial charge in [0.15, 0.2) is 6.10 Å². The van der Waals surface area contributed by atoms with Gasteiger partial charge in [-0.2, -0.15) is 0 Å². The summed E-state index contributed by atoms with van der Waals surface area (Å²) in [7, 11) is 0. The number of unbranched alkanes of at least 4 members (excludes halogenated alkanes) is 52. The van der Waals surface area contributed by atoms with Gasteiger partial charge in [0.05, 0.1) is 0 Å². The molecule has 0 amide bonds. The van der Waals surface area contributed by atoms with Crippen molar-refractivity contribution in [2.45, 2.75) is 412 Å². The number of hydrogen-bond donors (Lipinski definition) is 0. The number of hydrogen-bond acceptors (Lipinski definition) is 6. The second-order valence-corrected chi connectivity index (χ2v) is 24.5. The predicted octanol–water partition coefficient (Wildman–Crippen LogP) is 24.6. The highest BCUT2D eigenvalue weighted by Crippen LogP contribution is 2.18. The first-order chi connectivity index (χ1) is 39.0. The lowest BCUT2D eigenvalue weighted by molar-refractivity contribution is -0.167. The third kappa shape index (κ3) is 66.6. The molecule has 6 heteroatoms. The van der Waals surface area contributed by atoms with E-state index in [4.69, 9.17) is 14.2 Å². The van der Waals surface area contributed by atoms with Crippen molar-refractivity contribution in [3.63, 3.8) is 0 Å².